The van der Waals surface area contributed by atoms with Crippen molar-refractivity contribution >= 4 is 17.0 Å². The number of rotatable bonds is 9. The van der Waals surface area contributed by atoms with Crippen LogP contribution in [-0.2, 0) is 11.2 Å². The summed E-state index contributed by atoms with van der Waals surface area (Å²) >= 11 is 0. The summed E-state index contributed by atoms with van der Waals surface area (Å²) in [6, 6.07) is 18.4. The first-order valence-electron chi connectivity index (χ1n) is 12.7. The zero-order valence-corrected chi connectivity index (χ0v) is 21.0. The molecule has 7 nitrogen and oxygen atoms in total. The van der Waals surface area contributed by atoms with Crippen molar-refractivity contribution in [3.8, 4) is 5.69 Å². The zero-order valence-electron chi connectivity index (χ0n) is 21.0. The van der Waals surface area contributed by atoms with Gasteiger partial charge in [-0.2, -0.15) is 5.10 Å². The van der Waals surface area contributed by atoms with E-state index in [9.17, 15) is 9.90 Å². The van der Waals surface area contributed by atoms with Crippen LogP contribution in [0.5, 0.6) is 0 Å². The van der Waals surface area contributed by atoms with Crippen LogP contribution in [0, 0.1) is 19.8 Å². The van der Waals surface area contributed by atoms with Gasteiger partial charge >= 0.3 is 5.97 Å². The highest BCUT2D eigenvalue weighted by molar-refractivity contribution is 5.74. The van der Waals surface area contributed by atoms with Gasteiger partial charge in [0, 0.05) is 42.0 Å². The number of fused-ring (bicyclic) bond motifs is 1. The van der Waals surface area contributed by atoms with E-state index in [0.717, 1.165) is 78.3 Å². The molecule has 1 aliphatic heterocycles. The Morgan fingerprint density at radius 3 is 2.83 bits per heavy atom. The molecule has 4 heterocycles. The molecule has 0 spiro atoms. The maximum Gasteiger partial charge on any atom is 0.304 e. The molecule has 2 unspecified atom stereocenters. The highest BCUT2D eigenvalue weighted by atomic mass is 16.4. The van der Waals surface area contributed by atoms with Gasteiger partial charge in [0.25, 0.3) is 0 Å². The molecule has 2 atom stereocenters. The van der Waals surface area contributed by atoms with Gasteiger partial charge in [-0.3, -0.25) is 4.79 Å². The Labute approximate surface area is 211 Å². The van der Waals surface area contributed by atoms with Crippen molar-refractivity contribution in [3.05, 3.63) is 83.4 Å². The molecule has 7 heteroatoms. The summed E-state index contributed by atoms with van der Waals surface area (Å²) in [4.78, 5) is 23.3. The van der Waals surface area contributed by atoms with Crippen LogP contribution >= 0.6 is 0 Å². The van der Waals surface area contributed by atoms with Gasteiger partial charge in [-0.1, -0.05) is 12.1 Å². The number of hydrogen-bond donors (Lipinski definition) is 1. The van der Waals surface area contributed by atoms with Crippen LogP contribution in [0.2, 0.25) is 0 Å². The minimum atomic E-state index is -0.761. The molecule has 1 aromatic carbocycles. The molecule has 1 aliphatic rings. The van der Waals surface area contributed by atoms with Crippen LogP contribution < -0.4 is 0 Å². The first-order valence-corrected chi connectivity index (χ1v) is 12.7. The summed E-state index contributed by atoms with van der Waals surface area (Å²) in [7, 11) is 0. The molecule has 0 aliphatic carbocycles. The maximum atomic E-state index is 11.7. The fraction of sp³-hybridized carbons (Fsp3) is 0.379. The first-order chi connectivity index (χ1) is 17.4. The predicted octanol–water partition coefficient (Wildman–Crippen LogP) is 4.95. The summed E-state index contributed by atoms with van der Waals surface area (Å²) < 4.78 is 1.93. The Kier molecular flexibility index (Phi) is 7.09. The van der Waals surface area contributed by atoms with Crippen LogP contribution in [0.4, 0.5) is 0 Å². The summed E-state index contributed by atoms with van der Waals surface area (Å²) in [5, 5.41) is 15.3. The lowest BCUT2D eigenvalue weighted by atomic mass is 9.94. The average Bonchev–Trinajstić information content (AvgIpc) is 3.47. The number of hydrogen-bond acceptors (Lipinski definition) is 5. The second kappa shape index (κ2) is 10.6. The van der Waals surface area contributed by atoms with Gasteiger partial charge in [-0.05, 0) is 93.6 Å². The van der Waals surface area contributed by atoms with Gasteiger partial charge in [0.05, 0.1) is 17.8 Å². The first kappa shape index (κ1) is 24.1. The lowest BCUT2D eigenvalue weighted by Gasteiger charge is -2.24. The quantitative estimate of drug-likeness (QED) is 0.363. The third-order valence-corrected chi connectivity index (χ3v) is 7.20. The highest BCUT2D eigenvalue weighted by Crippen LogP contribution is 2.28. The number of pyridine rings is 2. The van der Waals surface area contributed by atoms with Gasteiger partial charge in [0.15, 0.2) is 5.65 Å². The van der Waals surface area contributed by atoms with Crippen molar-refractivity contribution in [3.63, 3.8) is 0 Å². The molecular formula is C29H33N5O2. The molecule has 1 fully saturated rings. The highest BCUT2D eigenvalue weighted by Gasteiger charge is 2.26. The number of carbonyl (C=O) groups is 1. The van der Waals surface area contributed by atoms with E-state index < -0.39 is 5.97 Å². The number of carboxylic acid groups (broad SMARTS) is 1. The molecule has 186 valence electrons. The standard InChI is InChI=1S/C29H33N5O2/c1-20-15-21(2)34(32-20)27-7-3-5-24(16-27)25(17-28(35)36)19-33-14-12-22(18-33)8-10-26-11-9-23-6-4-13-30-29(23)31-26/h3-7,9,11,13,15-16,22,25H,8,10,12,14,17-19H2,1-2H3,(H,35,36). The van der Waals surface area contributed by atoms with E-state index in [1.54, 1.807) is 6.20 Å². The molecule has 0 radical (unpaired) electrons. The smallest absolute Gasteiger partial charge is 0.304 e. The number of aryl methyl sites for hydroxylation is 3. The molecule has 0 bridgehead atoms. The van der Waals surface area contributed by atoms with E-state index in [2.05, 4.69) is 45.3 Å². The Morgan fingerprint density at radius 1 is 1.14 bits per heavy atom. The average molecular weight is 484 g/mol. The Hall–Kier alpha value is -3.58. The van der Waals surface area contributed by atoms with Crippen LogP contribution in [0.3, 0.4) is 0 Å². The number of aliphatic carboxylic acids is 1. The van der Waals surface area contributed by atoms with E-state index in [1.165, 1.54) is 0 Å². The Balaban J connectivity index is 1.23. The van der Waals surface area contributed by atoms with Crippen molar-refractivity contribution in [2.24, 2.45) is 5.92 Å². The van der Waals surface area contributed by atoms with Crippen LogP contribution in [-0.4, -0.2) is 55.4 Å². The molecule has 1 N–H and O–H groups in total. The topological polar surface area (TPSA) is 84.1 Å². The number of nitrogens with zero attached hydrogens (tertiary/aromatic N) is 5. The van der Waals surface area contributed by atoms with Crippen molar-refractivity contribution in [2.45, 2.75) is 45.4 Å². The SMILES string of the molecule is Cc1cc(C)n(-c2cccc(C(CC(=O)O)CN3CCC(CCc4ccc5cccnc5n4)C3)c2)n1. The Bertz CT molecular complexity index is 1360. The normalized spacial score (nSPS) is 17.0. The summed E-state index contributed by atoms with van der Waals surface area (Å²) in [6.45, 7) is 6.78. The second-order valence-corrected chi connectivity index (χ2v) is 10.0. The zero-order chi connectivity index (χ0) is 25.1. The van der Waals surface area contributed by atoms with E-state index in [4.69, 9.17) is 4.98 Å². The second-order valence-electron chi connectivity index (χ2n) is 10.0. The third-order valence-electron chi connectivity index (χ3n) is 7.20. The molecule has 0 amide bonds. The lowest BCUT2D eigenvalue weighted by molar-refractivity contribution is -0.137. The molecule has 36 heavy (non-hydrogen) atoms. The molecule has 3 aromatic heterocycles. The number of carboxylic acids is 1. The van der Waals surface area contributed by atoms with E-state index in [0.29, 0.717) is 5.92 Å². The predicted molar refractivity (Wildman–Crippen MR) is 140 cm³/mol. The number of likely N-dealkylation sites (tertiary alicyclic amines) is 1. The lowest BCUT2D eigenvalue weighted by Crippen LogP contribution is -2.28. The molecule has 4 aromatic rings. The van der Waals surface area contributed by atoms with Crippen molar-refractivity contribution in [1.82, 2.24) is 24.6 Å². The van der Waals surface area contributed by atoms with Gasteiger partial charge in [0.2, 0.25) is 0 Å². The summed E-state index contributed by atoms with van der Waals surface area (Å²) in [5.41, 5.74) is 5.97. The van der Waals surface area contributed by atoms with Crippen LogP contribution in [0.15, 0.2) is 60.8 Å². The number of aromatic nitrogens is 4. The molecular weight excluding hydrogens is 450 g/mol. The fourth-order valence-electron chi connectivity index (χ4n) is 5.41. The molecule has 5 rings (SSSR count). The van der Waals surface area contributed by atoms with Gasteiger partial charge in [-0.15, -0.1) is 0 Å². The van der Waals surface area contributed by atoms with Gasteiger partial charge in [-0.25, -0.2) is 14.6 Å². The Morgan fingerprint density at radius 2 is 2.03 bits per heavy atom. The molecule has 1 saturated heterocycles. The fourth-order valence-corrected chi connectivity index (χ4v) is 5.41. The summed E-state index contributed by atoms with van der Waals surface area (Å²) in [5.74, 6) is -0.229. The molecule has 0 saturated carbocycles. The van der Waals surface area contributed by atoms with E-state index >= 15 is 0 Å². The summed E-state index contributed by atoms with van der Waals surface area (Å²) in [6.07, 6.45) is 5.06. The van der Waals surface area contributed by atoms with E-state index in [1.807, 2.05) is 42.8 Å². The van der Waals surface area contributed by atoms with Gasteiger partial charge in [0.1, 0.15) is 0 Å². The van der Waals surface area contributed by atoms with Gasteiger partial charge < -0.3 is 10.0 Å². The largest absolute Gasteiger partial charge is 0.481 e. The van der Waals surface area contributed by atoms with Crippen molar-refractivity contribution < 1.29 is 9.90 Å². The minimum absolute atomic E-state index is 0.0635. The van der Waals surface area contributed by atoms with Crippen molar-refractivity contribution in [1.29, 1.82) is 0 Å². The van der Waals surface area contributed by atoms with Crippen LogP contribution in [0.25, 0.3) is 16.7 Å². The maximum absolute atomic E-state index is 11.7. The minimum Gasteiger partial charge on any atom is -0.481 e. The van der Waals surface area contributed by atoms with Crippen LogP contribution in [0.1, 0.15) is 47.8 Å². The monoisotopic (exact) mass is 483 g/mol. The van der Waals surface area contributed by atoms with Crippen molar-refractivity contribution in [2.75, 3.05) is 19.6 Å². The van der Waals surface area contributed by atoms with E-state index in [-0.39, 0.29) is 12.3 Å². The third kappa shape index (κ3) is 5.62. The number of benzene rings is 1.